The molecule has 14 nitrogen and oxygen atoms in total. The van der Waals surface area contributed by atoms with E-state index in [0.717, 1.165) is 0 Å². The number of carboxylic acids is 2. The molecule has 0 aromatic heterocycles. The van der Waals surface area contributed by atoms with Gasteiger partial charge in [-0.2, -0.15) is 0 Å². The Morgan fingerprint density at radius 2 is 1.34 bits per heavy atom. The van der Waals surface area contributed by atoms with Crippen molar-refractivity contribution in [1.29, 1.82) is 0 Å². The van der Waals surface area contributed by atoms with Gasteiger partial charge in [-0.1, -0.05) is 13.8 Å². The Morgan fingerprint density at radius 1 is 0.844 bits per heavy atom. The molecule has 0 aromatic carbocycles. The van der Waals surface area contributed by atoms with Gasteiger partial charge in [-0.25, -0.2) is 4.79 Å². The predicted molar refractivity (Wildman–Crippen MR) is 109 cm³/mol. The minimum Gasteiger partial charge on any atom is -0.481 e. The molecule has 182 valence electrons. The SMILES string of the molecule is CC(C)C[C@H](NC(=O)[C@H](CC(=O)O)NC(=O)[C@@H](N)CCC(N)=O)C(=O)N[C@@H](CO)C(=O)O. The average molecular weight is 461 g/mol. The van der Waals surface area contributed by atoms with Crippen LogP contribution < -0.4 is 27.4 Å². The van der Waals surface area contributed by atoms with Gasteiger partial charge in [0.05, 0.1) is 19.1 Å². The van der Waals surface area contributed by atoms with Gasteiger partial charge in [0.25, 0.3) is 0 Å². The number of carboxylic acid groups (broad SMARTS) is 2. The summed E-state index contributed by atoms with van der Waals surface area (Å²) in [4.78, 5) is 70.2. The first kappa shape index (κ1) is 28.7. The lowest BCUT2D eigenvalue weighted by Gasteiger charge is -2.25. The van der Waals surface area contributed by atoms with E-state index in [9.17, 15) is 28.8 Å². The Labute approximate surface area is 184 Å². The summed E-state index contributed by atoms with van der Waals surface area (Å²) < 4.78 is 0. The summed E-state index contributed by atoms with van der Waals surface area (Å²) in [5, 5.41) is 33.6. The van der Waals surface area contributed by atoms with Crippen molar-refractivity contribution in [3.8, 4) is 0 Å². The number of rotatable bonds is 15. The van der Waals surface area contributed by atoms with Crippen molar-refractivity contribution in [2.24, 2.45) is 17.4 Å². The highest BCUT2D eigenvalue weighted by Gasteiger charge is 2.31. The Kier molecular flexibility index (Phi) is 12.5. The number of aliphatic hydroxyl groups excluding tert-OH is 1. The van der Waals surface area contributed by atoms with Gasteiger partial charge in [0.15, 0.2) is 0 Å². The Bertz CT molecular complexity index is 713. The van der Waals surface area contributed by atoms with Crippen LogP contribution in [0.3, 0.4) is 0 Å². The van der Waals surface area contributed by atoms with E-state index >= 15 is 0 Å². The quantitative estimate of drug-likeness (QED) is 0.120. The third-order valence-electron chi connectivity index (χ3n) is 4.19. The largest absolute Gasteiger partial charge is 0.481 e. The molecule has 0 aliphatic heterocycles. The molecule has 14 heteroatoms. The maximum Gasteiger partial charge on any atom is 0.328 e. The van der Waals surface area contributed by atoms with Crippen LogP contribution in [0.4, 0.5) is 0 Å². The van der Waals surface area contributed by atoms with Crippen molar-refractivity contribution in [1.82, 2.24) is 16.0 Å². The molecule has 0 spiro atoms. The van der Waals surface area contributed by atoms with Crippen molar-refractivity contribution < 1.29 is 44.1 Å². The lowest BCUT2D eigenvalue weighted by atomic mass is 10.0. The summed E-state index contributed by atoms with van der Waals surface area (Å²) in [6.45, 7) is 2.56. The standard InChI is InChI=1S/C18H31N5O9/c1-8(2)5-10(16(29)23-12(7-24)18(31)32)22-17(30)11(6-14(26)27)21-15(28)9(19)3-4-13(20)25/h8-12,24H,3-7,19H2,1-2H3,(H2,20,25)(H,21,28)(H,22,30)(H,23,29)(H,26,27)(H,31,32)/t9-,10-,11-,12-/m0/s1. The fraction of sp³-hybridized carbons (Fsp3) is 0.667. The molecule has 0 heterocycles. The third-order valence-corrected chi connectivity index (χ3v) is 4.19. The predicted octanol–water partition coefficient (Wildman–Crippen LogP) is -3.37. The lowest BCUT2D eigenvalue weighted by Crippen LogP contribution is -2.58. The first-order valence-corrected chi connectivity index (χ1v) is 9.78. The third kappa shape index (κ3) is 11.2. The second-order valence-electron chi connectivity index (χ2n) is 7.54. The van der Waals surface area contributed by atoms with E-state index in [0.29, 0.717) is 0 Å². The van der Waals surface area contributed by atoms with Crippen molar-refractivity contribution in [2.45, 2.75) is 63.7 Å². The summed E-state index contributed by atoms with van der Waals surface area (Å²) in [5.74, 6) is -6.57. The second kappa shape index (κ2) is 13.9. The molecule has 0 fully saturated rings. The van der Waals surface area contributed by atoms with Crippen LogP contribution in [0, 0.1) is 5.92 Å². The molecule has 4 amide bonds. The molecule has 0 aliphatic rings. The van der Waals surface area contributed by atoms with E-state index in [1.54, 1.807) is 13.8 Å². The second-order valence-corrected chi connectivity index (χ2v) is 7.54. The van der Waals surface area contributed by atoms with Crippen LogP contribution in [-0.2, 0) is 28.8 Å². The number of carbonyl (C=O) groups is 6. The van der Waals surface area contributed by atoms with E-state index in [1.807, 2.05) is 0 Å². The molecule has 0 saturated carbocycles. The van der Waals surface area contributed by atoms with Crippen LogP contribution in [-0.4, -0.2) is 81.7 Å². The maximum absolute atomic E-state index is 12.6. The van der Waals surface area contributed by atoms with Crippen molar-refractivity contribution in [2.75, 3.05) is 6.61 Å². The number of nitrogens with two attached hydrogens (primary N) is 2. The number of nitrogens with one attached hydrogen (secondary N) is 3. The molecular formula is C18H31N5O9. The number of hydrogen-bond acceptors (Lipinski definition) is 8. The number of aliphatic carboxylic acids is 2. The molecule has 32 heavy (non-hydrogen) atoms. The molecule has 10 N–H and O–H groups in total. The normalized spacial score (nSPS) is 14.5. The first-order chi connectivity index (χ1) is 14.8. The number of aliphatic hydroxyl groups is 1. The fourth-order valence-electron chi connectivity index (χ4n) is 2.52. The van der Waals surface area contributed by atoms with Crippen molar-refractivity contribution in [3.63, 3.8) is 0 Å². The zero-order valence-corrected chi connectivity index (χ0v) is 17.9. The van der Waals surface area contributed by atoms with Gasteiger partial charge in [-0.05, 0) is 18.8 Å². The molecule has 0 bridgehead atoms. The van der Waals surface area contributed by atoms with Crippen LogP contribution in [0.1, 0.15) is 39.5 Å². The molecule has 0 aromatic rings. The monoisotopic (exact) mass is 461 g/mol. The van der Waals surface area contributed by atoms with Crippen LogP contribution in [0.15, 0.2) is 0 Å². The summed E-state index contributed by atoms with van der Waals surface area (Å²) in [6, 6.07) is -5.71. The number of primary amides is 1. The highest BCUT2D eigenvalue weighted by Crippen LogP contribution is 2.07. The van der Waals surface area contributed by atoms with Gasteiger partial charge >= 0.3 is 11.9 Å². The van der Waals surface area contributed by atoms with Crippen LogP contribution >= 0.6 is 0 Å². The van der Waals surface area contributed by atoms with E-state index < -0.39 is 72.8 Å². The van der Waals surface area contributed by atoms with Gasteiger partial charge in [0.1, 0.15) is 18.1 Å². The van der Waals surface area contributed by atoms with E-state index in [4.69, 9.17) is 26.8 Å². The van der Waals surface area contributed by atoms with Gasteiger partial charge < -0.3 is 42.7 Å². The fourth-order valence-corrected chi connectivity index (χ4v) is 2.52. The van der Waals surface area contributed by atoms with Crippen molar-refractivity contribution in [3.05, 3.63) is 0 Å². The molecular weight excluding hydrogens is 430 g/mol. The Hall–Kier alpha value is -3.26. The smallest absolute Gasteiger partial charge is 0.328 e. The molecule has 0 unspecified atom stereocenters. The molecule has 4 atom stereocenters. The van der Waals surface area contributed by atoms with Gasteiger partial charge in [-0.15, -0.1) is 0 Å². The molecule has 0 rings (SSSR count). The Morgan fingerprint density at radius 3 is 1.78 bits per heavy atom. The Balaban J connectivity index is 5.41. The first-order valence-electron chi connectivity index (χ1n) is 9.78. The molecule has 0 saturated heterocycles. The minimum absolute atomic E-state index is 0.0568. The highest BCUT2D eigenvalue weighted by atomic mass is 16.4. The highest BCUT2D eigenvalue weighted by molar-refractivity contribution is 5.95. The lowest BCUT2D eigenvalue weighted by molar-refractivity contribution is -0.144. The molecule has 0 radical (unpaired) electrons. The van der Waals surface area contributed by atoms with Gasteiger partial charge in [0, 0.05) is 6.42 Å². The van der Waals surface area contributed by atoms with Gasteiger partial charge in [0.2, 0.25) is 23.6 Å². The van der Waals surface area contributed by atoms with Gasteiger partial charge in [-0.3, -0.25) is 24.0 Å². The van der Waals surface area contributed by atoms with Crippen LogP contribution in [0.5, 0.6) is 0 Å². The number of carbonyl (C=O) groups excluding carboxylic acids is 4. The summed E-state index contributed by atoms with van der Waals surface area (Å²) >= 11 is 0. The van der Waals surface area contributed by atoms with E-state index in [1.165, 1.54) is 0 Å². The summed E-state index contributed by atoms with van der Waals surface area (Å²) in [6.07, 6.45) is -1.10. The topological polar surface area (TPSA) is 251 Å². The summed E-state index contributed by atoms with van der Waals surface area (Å²) in [7, 11) is 0. The average Bonchev–Trinajstić information content (AvgIpc) is 2.67. The molecule has 0 aliphatic carbocycles. The summed E-state index contributed by atoms with van der Waals surface area (Å²) in [5.41, 5.74) is 10.6. The number of amides is 4. The number of hydrogen-bond donors (Lipinski definition) is 8. The van der Waals surface area contributed by atoms with Crippen LogP contribution in [0.2, 0.25) is 0 Å². The van der Waals surface area contributed by atoms with E-state index in [2.05, 4.69) is 16.0 Å². The van der Waals surface area contributed by atoms with Crippen molar-refractivity contribution >= 4 is 35.6 Å². The van der Waals surface area contributed by atoms with E-state index in [-0.39, 0.29) is 25.2 Å². The zero-order chi connectivity index (χ0) is 25.0. The van der Waals surface area contributed by atoms with Crippen LogP contribution in [0.25, 0.3) is 0 Å². The minimum atomic E-state index is -1.60. The maximum atomic E-state index is 12.6. The zero-order valence-electron chi connectivity index (χ0n) is 17.9.